The molecule has 1 aromatic carbocycles. The maximum absolute atomic E-state index is 12.5. The van der Waals surface area contributed by atoms with Crippen LogP contribution in [0, 0.1) is 6.92 Å². The summed E-state index contributed by atoms with van der Waals surface area (Å²) in [5.74, 6) is 0. The van der Waals surface area contributed by atoms with E-state index in [0.29, 0.717) is 5.56 Å². The Morgan fingerprint density at radius 2 is 1.83 bits per heavy atom. The van der Waals surface area contributed by atoms with Gasteiger partial charge in [-0.15, -0.1) is 0 Å². The van der Waals surface area contributed by atoms with Crippen molar-refractivity contribution in [3.8, 4) is 11.1 Å². The van der Waals surface area contributed by atoms with Gasteiger partial charge in [-0.1, -0.05) is 12.1 Å². The number of nitrogen functional groups attached to an aromatic ring is 1. The Morgan fingerprint density at radius 1 is 1.11 bits per heavy atom. The highest BCUT2D eigenvalue weighted by Gasteiger charge is 2.30. The number of benzene rings is 1. The molecule has 0 bridgehead atoms. The molecule has 2 N–H and O–H groups in total. The minimum absolute atomic E-state index is 0.0981. The number of nitrogens with zero attached hydrogens (tertiary/aromatic N) is 1. The second kappa shape index (κ2) is 4.33. The van der Waals surface area contributed by atoms with Gasteiger partial charge in [0.15, 0.2) is 0 Å². The number of halogens is 3. The molecule has 2 nitrogen and oxygen atoms in total. The van der Waals surface area contributed by atoms with E-state index in [9.17, 15) is 13.2 Å². The minimum atomic E-state index is -4.38. The zero-order valence-corrected chi connectivity index (χ0v) is 9.62. The number of nitrogens with two attached hydrogens (primary N) is 1. The summed E-state index contributed by atoms with van der Waals surface area (Å²) >= 11 is 0. The van der Waals surface area contributed by atoms with E-state index in [-0.39, 0.29) is 5.69 Å². The van der Waals surface area contributed by atoms with Gasteiger partial charge in [-0.3, -0.25) is 4.98 Å². The third-order valence-electron chi connectivity index (χ3n) is 2.68. The Kier molecular flexibility index (Phi) is 2.98. The van der Waals surface area contributed by atoms with Gasteiger partial charge in [0.2, 0.25) is 0 Å². The van der Waals surface area contributed by atoms with E-state index in [1.54, 1.807) is 25.3 Å². The maximum Gasteiger partial charge on any atom is 0.416 e. The lowest BCUT2D eigenvalue weighted by molar-refractivity contribution is -0.137. The summed E-state index contributed by atoms with van der Waals surface area (Å²) in [5.41, 5.74) is 7.07. The molecular formula is C13H11F3N2. The van der Waals surface area contributed by atoms with Crippen molar-refractivity contribution < 1.29 is 13.2 Å². The van der Waals surface area contributed by atoms with Crippen LogP contribution in [0.3, 0.4) is 0 Å². The normalized spacial score (nSPS) is 11.6. The molecule has 0 fully saturated rings. The van der Waals surface area contributed by atoms with Gasteiger partial charge < -0.3 is 5.73 Å². The summed E-state index contributed by atoms with van der Waals surface area (Å²) < 4.78 is 37.5. The van der Waals surface area contributed by atoms with Crippen LogP contribution in [0.15, 0.2) is 36.5 Å². The molecule has 1 aromatic heterocycles. The molecule has 94 valence electrons. The van der Waals surface area contributed by atoms with Crippen LogP contribution < -0.4 is 5.73 Å². The second-order valence-corrected chi connectivity index (χ2v) is 3.94. The first-order valence-corrected chi connectivity index (χ1v) is 5.28. The molecule has 18 heavy (non-hydrogen) atoms. The van der Waals surface area contributed by atoms with Gasteiger partial charge in [-0.05, 0) is 25.1 Å². The summed E-state index contributed by atoms with van der Waals surface area (Å²) in [4.78, 5) is 4.09. The lowest BCUT2D eigenvalue weighted by Gasteiger charge is -2.12. The van der Waals surface area contributed by atoms with Crippen LogP contribution in [0.1, 0.15) is 11.3 Å². The standard InChI is InChI=1S/C13H11F3N2/c1-8-10(3-2-6-18-8)11-5-4-9(7-12(11)17)13(14,15)16/h2-7H,17H2,1H3. The Bertz CT molecular complexity index is 577. The molecule has 1 heterocycles. The summed E-state index contributed by atoms with van der Waals surface area (Å²) in [6.07, 6.45) is -2.75. The first-order valence-electron chi connectivity index (χ1n) is 5.28. The Morgan fingerprint density at radius 3 is 2.39 bits per heavy atom. The van der Waals surface area contributed by atoms with Crippen molar-refractivity contribution in [3.05, 3.63) is 47.8 Å². The minimum Gasteiger partial charge on any atom is -0.398 e. The number of aromatic nitrogens is 1. The number of rotatable bonds is 1. The molecule has 0 saturated carbocycles. The molecule has 2 rings (SSSR count). The average molecular weight is 252 g/mol. The number of hydrogen-bond acceptors (Lipinski definition) is 2. The number of pyridine rings is 1. The molecule has 5 heteroatoms. The lowest BCUT2D eigenvalue weighted by Crippen LogP contribution is -2.06. The van der Waals surface area contributed by atoms with Crippen molar-refractivity contribution >= 4 is 5.69 Å². The SMILES string of the molecule is Cc1ncccc1-c1ccc(C(F)(F)F)cc1N. The van der Waals surface area contributed by atoms with Crippen LogP contribution in [0.4, 0.5) is 18.9 Å². The van der Waals surface area contributed by atoms with Gasteiger partial charge in [0.1, 0.15) is 0 Å². The molecule has 0 aliphatic rings. The molecule has 0 saturated heterocycles. The smallest absolute Gasteiger partial charge is 0.398 e. The van der Waals surface area contributed by atoms with Gasteiger partial charge in [0, 0.05) is 28.7 Å². The van der Waals surface area contributed by atoms with E-state index < -0.39 is 11.7 Å². The quantitative estimate of drug-likeness (QED) is 0.786. The summed E-state index contributed by atoms with van der Waals surface area (Å²) in [5, 5.41) is 0. The Hall–Kier alpha value is -2.04. The molecule has 0 amide bonds. The van der Waals surface area contributed by atoms with E-state index in [1.165, 1.54) is 6.07 Å². The van der Waals surface area contributed by atoms with Crippen molar-refractivity contribution in [2.45, 2.75) is 13.1 Å². The van der Waals surface area contributed by atoms with Gasteiger partial charge in [0.25, 0.3) is 0 Å². The van der Waals surface area contributed by atoms with Crippen molar-refractivity contribution in [2.75, 3.05) is 5.73 Å². The lowest BCUT2D eigenvalue weighted by atomic mass is 10.0. The Labute approximate surface area is 102 Å². The van der Waals surface area contributed by atoms with Gasteiger partial charge in [-0.2, -0.15) is 13.2 Å². The van der Waals surface area contributed by atoms with E-state index in [1.807, 2.05) is 0 Å². The van der Waals surface area contributed by atoms with Gasteiger partial charge in [0.05, 0.1) is 5.56 Å². The molecular weight excluding hydrogens is 241 g/mol. The highest BCUT2D eigenvalue weighted by Crippen LogP contribution is 2.35. The van der Waals surface area contributed by atoms with Crippen LogP contribution >= 0.6 is 0 Å². The molecule has 0 unspecified atom stereocenters. The largest absolute Gasteiger partial charge is 0.416 e. The average Bonchev–Trinajstić information content (AvgIpc) is 2.29. The predicted octanol–water partition coefficient (Wildman–Crippen LogP) is 3.66. The van der Waals surface area contributed by atoms with Crippen molar-refractivity contribution in [3.63, 3.8) is 0 Å². The van der Waals surface area contributed by atoms with Gasteiger partial charge >= 0.3 is 6.18 Å². The van der Waals surface area contributed by atoms with E-state index in [4.69, 9.17) is 5.73 Å². The van der Waals surface area contributed by atoms with E-state index >= 15 is 0 Å². The fraction of sp³-hybridized carbons (Fsp3) is 0.154. The number of hydrogen-bond donors (Lipinski definition) is 1. The maximum atomic E-state index is 12.5. The third kappa shape index (κ3) is 2.30. The molecule has 2 aromatic rings. The van der Waals surface area contributed by atoms with Crippen LogP contribution in [-0.2, 0) is 6.18 Å². The summed E-state index contributed by atoms with van der Waals surface area (Å²) in [6.45, 7) is 1.78. The topological polar surface area (TPSA) is 38.9 Å². The predicted molar refractivity (Wildman–Crippen MR) is 63.8 cm³/mol. The van der Waals surface area contributed by atoms with E-state index in [0.717, 1.165) is 23.4 Å². The van der Waals surface area contributed by atoms with Crippen LogP contribution in [0.5, 0.6) is 0 Å². The monoisotopic (exact) mass is 252 g/mol. The molecule has 0 radical (unpaired) electrons. The van der Waals surface area contributed by atoms with Crippen LogP contribution in [0.25, 0.3) is 11.1 Å². The molecule has 0 spiro atoms. The van der Waals surface area contributed by atoms with Crippen LogP contribution in [0.2, 0.25) is 0 Å². The first kappa shape index (κ1) is 12.4. The van der Waals surface area contributed by atoms with Crippen LogP contribution in [-0.4, -0.2) is 4.98 Å². The summed E-state index contributed by atoms with van der Waals surface area (Å²) in [7, 11) is 0. The Balaban J connectivity index is 2.52. The number of aryl methyl sites for hydroxylation is 1. The molecule has 0 aliphatic carbocycles. The van der Waals surface area contributed by atoms with Gasteiger partial charge in [-0.25, -0.2) is 0 Å². The molecule has 0 atom stereocenters. The third-order valence-corrected chi connectivity index (χ3v) is 2.68. The highest BCUT2D eigenvalue weighted by atomic mass is 19.4. The summed E-state index contributed by atoms with van der Waals surface area (Å²) in [6, 6.07) is 6.85. The zero-order valence-electron chi connectivity index (χ0n) is 9.62. The zero-order chi connectivity index (χ0) is 13.3. The number of alkyl halides is 3. The fourth-order valence-electron chi connectivity index (χ4n) is 1.75. The van der Waals surface area contributed by atoms with Crippen molar-refractivity contribution in [1.82, 2.24) is 4.98 Å². The van der Waals surface area contributed by atoms with Crippen molar-refractivity contribution in [2.24, 2.45) is 0 Å². The highest BCUT2D eigenvalue weighted by molar-refractivity contribution is 5.78. The molecule has 0 aliphatic heterocycles. The number of anilines is 1. The van der Waals surface area contributed by atoms with Crippen molar-refractivity contribution in [1.29, 1.82) is 0 Å². The first-order chi connectivity index (χ1) is 8.39. The fourth-order valence-corrected chi connectivity index (χ4v) is 1.75. The van der Waals surface area contributed by atoms with E-state index in [2.05, 4.69) is 4.98 Å². The second-order valence-electron chi connectivity index (χ2n) is 3.94.